The number of alkyl halides is 3. The standard InChI is InChI=1S/C27H30F3N5O6S2/c1-17-2-9-24-22(14-17)31-26(42-24)34-12-10-33(11-13-34)25(36)16-41-19-5-3-18(4-6-19)32-43(39,40)20-7-8-23(35(37)38)21(15-20)27(28,29)30/h2,7-9,14-15,18-19,32H,3-6,10-13,16H2,1H3/t18-,19-. The van der Waals surface area contributed by atoms with Gasteiger partial charge in [0, 0.05) is 38.3 Å². The molecule has 11 nitrogen and oxygen atoms in total. The van der Waals surface area contributed by atoms with Crippen LogP contribution in [0.1, 0.15) is 36.8 Å². The zero-order valence-electron chi connectivity index (χ0n) is 23.2. The number of piperazine rings is 1. The number of aryl methyl sites for hydroxylation is 1. The summed E-state index contributed by atoms with van der Waals surface area (Å²) in [5.41, 5.74) is -0.727. The van der Waals surface area contributed by atoms with Crippen LogP contribution in [0.4, 0.5) is 24.0 Å². The van der Waals surface area contributed by atoms with Crippen LogP contribution in [-0.4, -0.2) is 74.1 Å². The van der Waals surface area contributed by atoms with E-state index in [1.54, 1.807) is 16.2 Å². The van der Waals surface area contributed by atoms with Crippen molar-refractivity contribution in [3.05, 3.63) is 57.6 Å². The van der Waals surface area contributed by atoms with Gasteiger partial charge in [0.2, 0.25) is 15.9 Å². The highest BCUT2D eigenvalue weighted by molar-refractivity contribution is 7.89. The summed E-state index contributed by atoms with van der Waals surface area (Å²) in [4.78, 5) is 30.5. The molecule has 1 saturated heterocycles. The molecule has 232 valence electrons. The second-order valence-corrected chi connectivity index (χ2v) is 13.4. The average Bonchev–Trinajstić information content (AvgIpc) is 3.39. The van der Waals surface area contributed by atoms with Crippen LogP contribution in [0, 0.1) is 17.0 Å². The van der Waals surface area contributed by atoms with Crippen molar-refractivity contribution >= 4 is 48.3 Å². The molecule has 2 aromatic carbocycles. The number of carbonyl (C=O) groups excluding carboxylic acids is 1. The molecular formula is C27H30F3N5O6S2. The lowest BCUT2D eigenvalue weighted by Crippen LogP contribution is -2.50. The van der Waals surface area contributed by atoms with Gasteiger partial charge in [0.15, 0.2) is 5.13 Å². The molecule has 2 fully saturated rings. The van der Waals surface area contributed by atoms with Crippen molar-refractivity contribution in [2.24, 2.45) is 0 Å². The Morgan fingerprint density at radius 3 is 2.47 bits per heavy atom. The van der Waals surface area contributed by atoms with Crippen molar-refractivity contribution in [3.8, 4) is 0 Å². The fourth-order valence-electron chi connectivity index (χ4n) is 5.29. The number of hydrogen-bond acceptors (Lipinski definition) is 9. The third-order valence-electron chi connectivity index (χ3n) is 7.65. The summed E-state index contributed by atoms with van der Waals surface area (Å²) in [6.45, 7) is 4.35. The maximum absolute atomic E-state index is 13.3. The van der Waals surface area contributed by atoms with E-state index in [9.17, 15) is 36.5 Å². The number of sulfonamides is 1. The lowest BCUT2D eigenvalue weighted by atomic mass is 9.94. The summed E-state index contributed by atoms with van der Waals surface area (Å²) < 4.78 is 74.8. The summed E-state index contributed by atoms with van der Waals surface area (Å²) >= 11 is 1.63. The van der Waals surface area contributed by atoms with E-state index in [4.69, 9.17) is 9.72 Å². The minimum Gasteiger partial charge on any atom is -0.368 e. The zero-order chi connectivity index (χ0) is 30.9. The Labute approximate surface area is 249 Å². The molecule has 0 spiro atoms. The number of ether oxygens (including phenoxy) is 1. The van der Waals surface area contributed by atoms with Crippen molar-refractivity contribution in [3.63, 3.8) is 0 Å². The third-order valence-corrected chi connectivity index (χ3v) is 10.3. The second kappa shape index (κ2) is 12.3. The SMILES string of the molecule is Cc1ccc2sc(N3CCN(C(=O)CO[C@H]4CC[C@H](NS(=O)(=O)c5ccc([N+](=O)[O-])c(C(F)(F)F)c5)CC4)CC3)nc2c1. The number of benzene rings is 2. The van der Waals surface area contributed by atoms with Gasteiger partial charge in [-0.3, -0.25) is 14.9 Å². The number of nitrogens with one attached hydrogen (secondary N) is 1. The van der Waals surface area contributed by atoms with Crippen molar-refractivity contribution in [2.75, 3.05) is 37.7 Å². The number of nitrogens with zero attached hydrogens (tertiary/aromatic N) is 4. The first-order chi connectivity index (χ1) is 20.3. The molecule has 2 aliphatic rings. The van der Waals surface area contributed by atoms with Crippen LogP contribution in [0.15, 0.2) is 41.3 Å². The number of fused-ring (bicyclic) bond motifs is 1. The maximum atomic E-state index is 13.3. The fourth-order valence-corrected chi connectivity index (χ4v) is 7.62. The molecule has 1 aromatic heterocycles. The highest BCUT2D eigenvalue weighted by atomic mass is 32.2. The van der Waals surface area contributed by atoms with Crippen LogP contribution >= 0.6 is 11.3 Å². The molecule has 43 heavy (non-hydrogen) atoms. The lowest BCUT2D eigenvalue weighted by Gasteiger charge is -2.35. The van der Waals surface area contributed by atoms with Gasteiger partial charge in [0.25, 0.3) is 5.69 Å². The topological polar surface area (TPSA) is 135 Å². The normalized spacial score (nSPS) is 20.0. The van der Waals surface area contributed by atoms with Crippen LogP contribution in [0.3, 0.4) is 0 Å². The number of thiazole rings is 1. The number of nitro groups is 1. The predicted octanol–water partition coefficient (Wildman–Crippen LogP) is 4.49. The molecule has 1 aliphatic heterocycles. The first-order valence-electron chi connectivity index (χ1n) is 13.7. The van der Waals surface area contributed by atoms with Gasteiger partial charge in [-0.1, -0.05) is 17.4 Å². The number of aromatic nitrogens is 1. The molecular weight excluding hydrogens is 611 g/mol. The summed E-state index contributed by atoms with van der Waals surface area (Å²) in [6.07, 6.45) is -3.72. The number of amides is 1. The highest BCUT2D eigenvalue weighted by Gasteiger charge is 2.40. The van der Waals surface area contributed by atoms with Gasteiger partial charge in [-0.05, 0) is 62.4 Å². The van der Waals surface area contributed by atoms with E-state index in [-0.39, 0.29) is 24.7 Å². The molecule has 1 saturated carbocycles. The molecule has 2 heterocycles. The van der Waals surface area contributed by atoms with E-state index in [0.717, 1.165) is 27.0 Å². The van der Waals surface area contributed by atoms with Crippen LogP contribution in [0.2, 0.25) is 0 Å². The van der Waals surface area contributed by atoms with Crippen molar-refractivity contribution < 1.29 is 36.0 Å². The van der Waals surface area contributed by atoms with Crippen molar-refractivity contribution in [1.82, 2.24) is 14.6 Å². The number of rotatable bonds is 8. The molecule has 1 aliphatic carbocycles. The first kappa shape index (κ1) is 31.1. The molecule has 0 unspecified atom stereocenters. The monoisotopic (exact) mass is 641 g/mol. The number of anilines is 1. The molecule has 0 bridgehead atoms. The van der Waals surface area contributed by atoms with Crippen LogP contribution in [0.25, 0.3) is 10.2 Å². The smallest absolute Gasteiger partial charge is 0.368 e. The van der Waals surface area contributed by atoms with Gasteiger partial charge in [0.05, 0.1) is 26.1 Å². The first-order valence-corrected chi connectivity index (χ1v) is 16.0. The molecule has 0 radical (unpaired) electrons. The van der Waals surface area contributed by atoms with Gasteiger partial charge >= 0.3 is 6.18 Å². The Morgan fingerprint density at radius 1 is 1.12 bits per heavy atom. The van der Waals surface area contributed by atoms with E-state index in [2.05, 4.69) is 27.8 Å². The number of hydrogen-bond donors (Lipinski definition) is 1. The van der Waals surface area contributed by atoms with E-state index < -0.39 is 43.3 Å². The largest absolute Gasteiger partial charge is 0.423 e. The maximum Gasteiger partial charge on any atom is 0.423 e. The summed E-state index contributed by atoms with van der Waals surface area (Å²) in [5, 5.41) is 11.9. The molecule has 3 aromatic rings. The lowest BCUT2D eigenvalue weighted by molar-refractivity contribution is -0.388. The zero-order valence-corrected chi connectivity index (χ0v) is 24.8. The quantitative estimate of drug-likeness (QED) is 0.281. The van der Waals surface area contributed by atoms with Gasteiger partial charge in [-0.25, -0.2) is 18.1 Å². The Balaban J connectivity index is 1.07. The van der Waals surface area contributed by atoms with Gasteiger partial charge in [-0.15, -0.1) is 0 Å². The minimum absolute atomic E-state index is 0.0928. The van der Waals surface area contributed by atoms with Crippen LogP contribution in [-0.2, 0) is 25.7 Å². The molecule has 1 N–H and O–H groups in total. The summed E-state index contributed by atoms with van der Waals surface area (Å²) in [5.74, 6) is -0.124. The number of halogens is 3. The van der Waals surface area contributed by atoms with E-state index in [1.165, 1.54) is 0 Å². The van der Waals surface area contributed by atoms with Gasteiger partial charge < -0.3 is 14.5 Å². The number of nitro benzene ring substituents is 1. The molecule has 0 atom stereocenters. The van der Waals surface area contributed by atoms with Crippen LogP contribution in [0.5, 0.6) is 0 Å². The third kappa shape index (κ3) is 7.25. The molecule has 16 heteroatoms. The number of carbonyl (C=O) groups is 1. The van der Waals surface area contributed by atoms with E-state index in [0.29, 0.717) is 57.9 Å². The Kier molecular flexibility index (Phi) is 8.92. The summed E-state index contributed by atoms with van der Waals surface area (Å²) in [7, 11) is -4.36. The Bertz CT molecular complexity index is 1610. The summed E-state index contributed by atoms with van der Waals surface area (Å²) in [6, 6.07) is 7.24. The van der Waals surface area contributed by atoms with E-state index >= 15 is 0 Å². The fraction of sp³-hybridized carbons (Fsp3) is 0.481. The van der Waals surface area contributed by atoms with Gasteiger partial charge in [0.1, 0.15) is 12.2 Å². The van der Waals surface area contributed by atoms with E-state index in [1.807, 2.05) is 6.92 Å². The Hall–Kier alpha value is -3.34. The van der Waals surface area contributed by atoms with Crippen LogP contribution < -0.4 is 9.62 Å². The molecule has 5 rings (SSSR count). The highest BCUT2D eigenvalue weighted by Crippen LogP contribution is 2.37. The van der Waals surface area contributed by atoms with Crippen molar-refractivity contribution in [2.45, 2.75) is 55.8 Å². The van der Waals surface area contributed by atoms with Crippen molar-refractivity contribution in [1.29, 1.82) is 0 Å². The molecule has 1 amide bonds. The second-order valence-electron chi connectivity index (χ2n) is 10.7. The average molecular weight is 642 g/mol. The predicted molar refractivity (Wildman–Crippen MR) is 154 cm³/mol. The Morgan fingerprint density at radius 2 is 1.81 bits per heavy atom. The minimum atomic E-state index is -5.09. The van der Waals surface area contributed by atoms with Gasteiger partial charge in [-0.2, -0.15) is 13.2 Å².